The summed E-state index contributed by atoms with van der Waals surface area (Å²) in [6.07, 6.45) is 1.15. The van der Waals surface area contributed by atoms with Crippen molar-refractivity contribution in [3.63, 3.8) is 0 Å². The average molecular weight is 312 g/mol. The molecule has 0 aromatic rings. The SMILES string of the molecule is CC1OC(C)(CP(C)(=O)O)C(OP2(C)(O)CC2)C1C. The van der Waals surface area contributed by atoms with Gasteiger partial charge in [-0.1, -0.05) is 0 Å². The fourth-order valence-corrected chi connectivity index (χ4v) is 7.11. The van der Waals surface area contributed by atoms with E-state index in [1.807, 2.05) is 27.4 Å². The van der Waals surface area contributed by atoms with Crippen molar-refractivity contribution >= 4 is 14.4 Å². The maximum absolute atomic E-state index is 11.8. The van der Waals surface area contributed by atoms with Crippen LogP contribution in [0.1, 0.15) is 20.8 Å². The van der Waals surface area contributed by atoms with Crippen LogP contribution < -0.4 is 0 Å². The summed E-state index contributed by atoms with van der Waals surface area (Å²) in [6.45, 7) is 8.94. The Bertz CT molecular complexity index is 424. The van der Waals surface area contributed by atoms with Gasteiger partial charge in [0, 0.05) is 0 Å². The van der Waals surface area contributed by atoms with E-state index < -0.39 is 20.0 Å². The molecule has 7 heteroatoms. The predicted octanol–water partition coefficient (Wildman–Crippen LogP) is 2.10. The Morgan fingerprint density at radius 1 is 1.47 bits per heavy atom. The third kappa shape index (κ3) is 3.40. The van der Waals surface area contributed by atoms with Crippen molar-refractivity contribution in [2.75, 3.05) is 31.8 Å². The van der Waals surface area contributed by atoms with Crippen LogP contribution in [0.2, 0.25) is 0 Å². The summed E-state index contributed by atoms with van der Waals surface area (Å²) in [5.41, 5.74) is -0.801. The summed E-state index contributed by atoms with van der Waals surface area (Å²) in [6, 6.07) is 0. The summed E-state index contributed by atoms with van der Waals surface area (Å²) >= 11 is 0. The molecule has 2 aliphatic heterocycles. The van der Waals surface area contributed by atoms with Gasteiger partial charge in [-0.25, -0.2) is 0 Å². The van der Waals surface area contributed by atoms with Gasteiger partial charge in [0.05, 0.1) is 0 Å². The van der Waals surface area contributed by atoms with Crippen molar-refractivity contribution in [3.8, 4) is 0 Å². The van der Waals surface area contributed by atoms with Gasteiger partial charge in [-0.05, 0) is 0 Å². The molecule has 19 heavy (non-hydrogen) atoms. The number of rotatable bonds is 4. The molecule has 2 rings (SSSR count). The van der Waals surface area contributed by atoms with E-state index in [2.05, 4.69) is 0 Å². The van der Waals surface area contributed by atoms with Gasteiger partial charge in [0.15, 0.2) is 0 Å². The Hall–Kier alpha value is 0.500. The monoisotopic (exact) mass is 312 g/mol. The van der Waals surface area contributed by atoms with Crippen molar-refractivity contribution < 1.29 is 23.6 Å². The molecule has 0 amide bonds. The summed E-state index contributed by atoms with van der Waals surface area (Å²) < 4.78 is 23.8. The molecule has 2 aliphatic rings. The molecular weight excluding hydrogens is 286 g/mol. The zero-order valence-electron chi connectivity index (χ0n) is 12.4. The minimum absolute atomic E-state index is 0.0416. The van der Waals surface area contributed by atoms with Crippen LogP contribution in [0.5, 0.6) is 0 Å². The Kier molecular flexibility index (Phi) is 3.55. The van der Waals surface area contributed by atoms with E-state index in [1.165, 1.54) is 6.66 Å². The molecule has 2 saturated heterocycles. The van der Waals surface area contributed by atoms with Crippen molar-refractivity contribution in [1.82, 2.24) is 0 Å². The standard InChI is InChI=1S/C12H26O5P2/c1-9-10(2)16-12(3,8-18(4,13)14)11(9)17-19(5,15)6-7-19/h9-11,15H,6-8H2,1-5H3,(H,13,14). The molecular formula is C12H26O5P2. The number of ether oxygens (including phenoxy) is 1. The van der Waals surface area contributed by atoms with Crippen LogP contribution in [0, 0.1) is 5.92 Å². The van der Waals surface area contributed by atoms with E-state index in [4.69, 9.17) is 9.26 Å². The van der Waals surface area contributed by atoms with Crippen LogP contribution in [-0.4, -0.2) is 59.4 Å². The van der Waals surface area contributed by atoms with Crippen LogP contribution in [0.3, 0.4) is 0 Å². The van der Waals surface area contributed by atoms with Crippen LogP contribution in [0.25, 0.3) is 0 Å². The van der Waals surface area contributed by atoms with Crippen molar-refractivity contribution in [2.45, 2.75) is 38.6 Å². The van der Waals surface area contributed by atoms with Gasteiger partial charge in [0.1, 0.15) is 0 Å². The molecule has 0 bridgehead atoms. The van der Waals surface area contributed by atoms with Crippen LogP contribution in [0.4, 0.5) is 0 Å². The van der Waals surface area contributed by atoms with E-state index in [1.54, 1.807) is 0 Å². The average Bonchev–Trinajstić information content (AvgIpc) is 2.78. The van der Waals surface area contributed by atoms with Gasteiger partial charge in [-0.3, -0.25) is 0 Å². The van der Waals surface area contributed by atoms with Gasteiger partial charge < -0.3 is 0 Å². The second-order valence-corrected chi connectivity index (χ2v) is 14.3. The molecule has 5 nitrogen and oxygen atoms in total. The summed E-state index contributed by atoms with van der Waals surface area (Å²) in [4.78, 5) is 20.2. The van der Waals surface area contributed by atoms with E-state index in [-0.39, 0.29) is 24.3 Å². The summed E-state index contributed by atoms with van der Waals surface area (Å²) in [7, 11) is -6.14. The fourth-order valence-electron chi connectivity index (χ4n) is 2.93. The van der Waals surface area contributed by atoms with Gasteiger partial charge in [0.2, 0.25) is 0 Å². The van der Waals surface area contributed by atoms with Crippen molar-refractivity contribution in [1.29, 1.82) is 0 Å². The second kappa shape index (κ2) is 4.25. The van der Waals surface area contributed by atoms with Gasteiger partial charge >= 0.3 is 114 Å². The molecule has 114 valence electrons. The first kappa shape index (κ1) is 15.9. The third-order valence-corrected chi connectivity index (χ3v) is 8.50. The van der Waals surface area contributed by atoms with Gasteiger partial charge in [-0.2, -0.15) is 0 Å². The van der Waals surface area contributed by atoms with E-state index in [0.29, 0.717) is 0 Å². The van der Waals surface area contributed by atoms with E-state index in [0.717, 1.165) is 12.3 Å². The number of hydrogen-bond acceptors (Lipinski definition) is 4. The zero-order valence-corrected chi connectivity index (χ0v) is 14.2. The maximum atomic E-state index is 11.8. The molecule has 0 radical (unpaired) electrons. The molecule has 2 heterocycles. The molecule has 5 unspecified atom stereocenters. The predicted molar refractivity (Wildman–Crippen MR) is 78.4 cm³/mol. The Morgan fingerprint density at radius 2 is 2.00 bits per heavy atom. The molecule has 0 spiro atoms. The van der Waals surface area contributed by atoms with Crippen LogP contribution >= 0.6 is 14.4 Å². The van der Waals surface area contributed by atoms with Crippen LogP contribution in [0.15, 0.2) is 0 Å². The third-order valence-electron chi connectivity index (χ3n) is 4.35. The number of hydrogen-bond donors (Lipinski definition) is 2. The Balaban J connectivity index is 2.23. The quantitative estimate of drug-likeness (QED) is 0.778. The van der Waals surface area contributed by atoms with Crippen LogP contribution in [-0.2, 0) is 13.8 Å². The molecule has 0 aromatic carbocycles. The zero-order chi connectivity index (χ0) is 14.7. The van der Waals surface area contributed by atoms with Crippen molar-refractivity contribution in [3.05, 3.63) is 0 Å². The normalized spacial score (nSPS) is 49.0. The van der Waals surface area contributed by atoms with E-state index in [9.17, 15) is 14.4 Å². The molecule has 0 aliphatic carbocycles. The first-order valence-corrected chi connectivity index (χ1v) is 12.0. The van der Waals surface area contributed by atoms with E-state index >= 15 is 0 Å². The summed E-state index contributed by atoms with van der Waals surface area (Å²) in [5.74, 6) is 0.100. The molecule has 2 fully saturated rings. The van der Waals surface area contributed by atoms with Gasteiger partial charge in [0.25, 0.3) is 0 Å². The Labute approximate surface area is 115 Å². The topological polar surface area (TPSA) is 76.0 Å². The summed E-state index contributed by atoms with van der Waals surface area (Å²) in [5, 5.41) is 0. The minimum atomic E-state index is -3.21. The van der Waals surface area contributed by atoms with Crippen molar-refractivity contribution in [2.24, 2.45) is 5.92 Å². The molecule has 0 aromatic heterocycles. The first-order valence-electron chi connectivity index (χ1n) is 6.75. The van der Waals surface area contributed by atoms with Gasteiger partial charge in [-0.15, -0.1) is 0 Å². The first-order chi connectivity index (χ1) is 8.33. The second-order valence-electron chi connectivity index (χ2n) is 7.04. The fraction of sp³-hybridized carbons (Fsp3) is 1.00. The molecule has 0 saturated carbocycles. The molecule has 2 N–H and O–H groups in total. The Morgan fingerprint density at radius 3 is 2.42 bits per heavy atom. The molecule has 5 atom stereocenters.